The summed E-state index contributed by atoms with van der Waals surface area (Å²) in [6.07, 6.45) is 5.69. The van der Waals surface area contributed by atoms with Crippen LogP contribution in [0, 0.1) is 0 Å². The molecule has 62 heavy (non-hydrogen) atoms. The molecule has 296 valence electrons. The molecule has 14 heteroatoms. The summed E-state index contributed by atoms with van der Waals surface area (Å²) in [7, 11) is 0. The lowest BCUT2D eigenvalue weighted by molar-refractivity contribution is 0.138. The number of hydrogen-bond acceptors (Lipinski definition) is 11. The molecule has 13 rings (SSSR count). The average Bonchev–Trinajstić information content (AvgIpc) is 4.13. The highest BCUT2D eigenvalue weighted by Gasteiger charge is 2.38. The molecule has 3 aromatic carbocycles. The van der Waals surface area contributed by atoms with Crippen molar-refractivity contribution in [3.8, 4) is 31.3 Å². The van der Waals surface area contributed by atoms with Crippen molar-refractivity contribution in [2.45, 2.75) is 5.60 Å². The summed E-state index contributed by atoms with van der Waals surface area (Å²) in [6, 6.07) is 35.3. The summed E-state index contributed by atoms with van der Waals surface area (Å²) in [5.41, 5.74) is 6.31. The Labute approximate surface area is 380 Å². The molecule has 1 unspecified atom stereocenters. The Hall–Kier alpha value is -6.34. The molecular weight excluding hydrogens is 860 g/mol. The van der Waals surface area contributed by atoms with Crippen molar-refractivity contribution in [3.63, 3.8) is 0 Å². The molecule has 4 aliphatic rings. The molecule has 4 N–H and O–H groups in total. The number of aliphatic hydroxyl groups is 1. The summed E-state index contributed by atoms with van der Waals surface area (Å²) in [6.45, 7) is 0. The van der Waals surface area contributed by atoms with E-state index >= 15 is 0 Å². The number of hydrogen-bond donors (Lipinski definition) is 4. The first-order valence-electron chi connectivity index (χ1n) is 19.5. The van der Waals surface area contributed by atoms with Crippen LogP contribution in [0.5, 0.6) is 0 Å². The number of benzene rings is 3. The first-order valence-corrected chi connectivity index (χ1v) is 23.0. The van der Waals surface area contributed by atoms with E-state index in [9.17, 15) is 5.11 Å². The van der Waals surface area contributed by atoms with Crippen LogP contribution >= 0.6 is 45.3 Å². The van der Waals surface area contributed by atoms with Gasteiger partial charge in [-0.3, -0.25) is 0 Å². The van der Waals surface area contributed by atoms with Crippen molar-refractivity contribution in [2.24, 2.45) is 25.0 Å². The summed E-state index contributed by atoms with van der Waals surface area (Å²) >= 11 is 6.53. The zero-order valence-corrected chi connectivity index (χ0v) is 34.9. The van der Waals surface area contributed by atoms with Gasteiger partial charge in [-0.05, 0) is 51.9 Å². The number of aromatic nitrogens is 2. The number of nitrogens with zero attached hydrogens (tertiary/aromatic N) is 5. The van der Waals surface area contributed by atoms with E-state index in [2.05, 4.69) is 122 Å². The van der Waals surface area contributed by atoms with Crippen LogP contribution in [0.1, 0.15) is 32.7 Å². The molecule has 0 amide bonds. The maximum absolute atomic E-state index is 12.7. The topological polar surface area (TPSA) is 126 Å². The SMILES string of the molecule is OC1(c2cccs2)C=CC=c2c1c1[nH]c2=NC2=NC(=Nc3[nH]c(c4cccc(-c5cccs5)c34)NC3=NC(=N1)c1cccc(-c4cccs4)c13)c1cccc(-c3cccs3)c12.[AlH3]. The molecule has 0 saturated heterocycles. The molecule has 9 nitrogen and oxygen atoms in total. The minimum atomic E-state index is -1.49. The first kappa shape index (κ1) is 37.4. The van der Waals surface area contributed by atoms with Crippen LogP contribution in [0.15, 0.2) is 162 Å². The lowest BCUT2D eigenvalue weighted by atomic mass is 9.89. The van der Waals surface area contributed by atoms with E-state index < -0.39 is 5.60 Å². The van der Waals surface area contributed by atoms with E-state index in [1.807, 2.05) is 35.7 Å². The van der Waals surface area contributed by atoms with Gasteiger partial charge in [0.15, 0.2) is 34.9 Å². The lowest BCUT2D eigenvalue weighted by Crippen LogP contribution is -2.36. The smallest absolute Gasteiger partial charge is 0.187 e. The second kappa shape index (κ2) is 14.4. The van der Waals surface area contributed by atoms with Crippen molar-refractivity contribution in [1.29, 1.82) is 0 Å². The second-order valence-electron chi connectivity index (χ2n) is 14.8. The van der Waals surface area contributed by atoms with Crippen molar-refractivity contribution >= 4 is 120 Å². The Morgan fingerprint density at radius 3 is 1.85 bits per heavy atom. The van der Waals surface area contributed by atoms with E-state index in [0.29, 0.717) is 46.0 Å². The van der Waals surface area contributed by atoms with Gasteiger partial charge in [-0.25, -0.2) is 25.0 Å². The van der Waals surface area contributed by atoms with Crippen LogP contribution < -0.4 is 16.0 Å². The Kier molecular flexibility index (Phi) is 8.67. The summed E-state index contributed by atoms with van der Waals surface area (Å²) in [4.78, 5) is 38.1. The number of H-pyrrole nitrogens is 2. The molecule has 6 aromatic heterocycles. The third-order valence-corrected chi connectivity index (χ3v) is 15.2. The van der Waals surface area contributed by atoms with E-state index in [-0.39, 0.29) is 17.4 Å². The highest BCUT2D eigenvalue weighted by atomic mass is 32.1. The third-order valence-electron chi connectivity index (χ3n) is 11.4. The Morgan fingerprint density at radius 1 is 0.532 bits per heavy atom. The van der Waals surface area contributed by atoms with Crippen LogP contribution in [-0.4, -0.2) is 55.8 Å². The van der Waals surface area contributed by atoms with Gasteiger partial charge in [0.1, 0.15) is 34.4 Å². The highest BCUT2D eigenvalue weighted by molar-refractivity contribution is 7.14. The maximum atomic E-state index is 12.7. The monoisotopic (exact) mass is 890 g/mol. The van der Waals surface area contributed by atoms with Gasteiger partial charge in [0.2, 0.25) is 0 Å². The Bertz CT molecular complexity index is 3570. The normalized spacial score (nSPS) is 16.8. The van der Waals surface area contributed by atoms with Gasteiger partial charge in [-0.1, -0.05) is 91.0 Å². The number of aliphatic imine (C=N–C) groups is 4. The summed E-state index contributed by atoms with van der Waals surface area (Å²) in [5.74, 6) is 4.06. The number of fused-ring (bicyclic) bond motifs is 18. The molecule has 0 saturated carbocycles. The highest BCUT2D eigenvalue weighted by Crippen LogP contribution is 2.44. The molecule has 3 aliphatic heterocycles. The maximum Gasteiger partial charge on any atom is 0.187 e. The fraction of sp³-hybridized carbons (Fsp3) is 0.0208. The minimum absolute atomic E-state index is 0. The number of rotatable bonds is 4. The number of amidine groups is 4. The molecule has 0 spiro atoms. The van der Waals surface area contributed by atoms with Crippen LogP contribution in [-0.2, 0) is 5.60 Å². The fourth-order valence-electron chi connectivity index (χ4n) is 8.82. The lowest BCUT2D eigenvalue weighted by Gasteiger charge is -2.25. The van der Waals surface area contributed by atoms with E-state index in [1.54, 1.807) is 34.0 Å². The number of allylic oxidation sites excluding steroid dienone is 1. The molecule has 9 heterocycles. The molecule has 0 fully saturated rings. The van der Waals surface area contributed by atoms with Crippen LogP contribution in [0.3, 0.4) is 0 Å². The Morgan fingerprint density at radius 2 is 1.15 bits per heavy atom. The standard InChI is InChI=1S/C48H28N8OS4.Al.3H/c57-48(35-19-8-24-61-35)20-4-15-31-39(48)47-55-42-30-14-3-11-27(34-18-7-23-60-34)38(30)45(53-42)51-40-28-12-1-9-25(32-16-5-21-58-32)36(28)44(49-40)50-41-29-13-2-10-26(33-17-6-22-59-33)37(29)46(52-41)54-43(31)56-47;;;;/h1-24,49,57H,(H,51,53,55)(H,50,52,54,56);;;;. The summed E-state index contributed by atoms with van der Waals surface area (Å²) < 4.78 is 0. The zero-order valence-electron chi connectivity index (χ0n) is 31.7. The van der Waals surface area contributed by atoms with Crippen LogP contribution in [0.2, 0.25) is 0 Å². The van der Waals surface area contributed by atoms with Gasteiger partial charge in [0.05, 0.1) is 0 Å². The quantitative estimate of drug-likeness (QED) is 0.132. The zero-order chi connectivity index (χ0) is 40.2. The summed E-state index contributed by atoms with van der Waals surface area (Å²) in [5, 5.41) is 27.4. The molecular formula is C48H31AlN8OS4. The van der Waals surface area contributed by atoms with E-state index in [1.165, 1.54) is 11.3 Å². The Balaban J connectivity index is 0.00000410. The van der Waals surface area contributed by atoms with Crippen molar-refractivity contribution in [2.75, 3.05) is 5.32 Å². The van der Waals surface area contributed by atoms with Crippen LogP contribution in [0.4, 0.5) is 17.5 Å². The van der Waals surface area contributed by atoms with Gasteiger partial charge in [0.25, 0.3) is 0 Å². The van der Waals surface area contributed by atoms with Crippen molar-refractivity contribution < 1.29 is 5.11 Å². The van der Waals surface area contributed by atoms with Gasteiger partial charge in [-0.15, -0.1) is 45.3 Å². The number of aromatic amines is 2. The van der Waals surface area contributed by atoms with Gasteiger partial charge >= 0.3 is 0 Å². The fourth-order valence-corrected chi connectivity index (χ4v) is 11.9. The molecule has 9 aromatic rings. The molecule has 8 bridgehead atoms. The third kappa shape index (κ3) is 5.62. The average molecular weight is 891 g/mol. The molecule has 1 atom stereocenters. The first-order chi connectivity index (χ1) is 30.1. The van der Waals surface area contributed by atoms with Crippen molar-refractivity contribution in [3.05, 3.63) is 180 Å². The number of anilines is 1. The van der Waals surface area contributed by atoms with E-state index in [0.717, 1.165) is 80.3 Å². The number of thiophene rings is 4. The predicted molar refractivity (Wildman–Crippen MR) is 263 cm³/mol. The van der Waals surface area contributed by atoms with Gasteiger partial charge in [0, 0.05) is 80.0 Å². The molecule has 0 radical (unpaired) electrons. The van der Waals surface area contributed by atoms with E-state index in [4.69, 9.17) is 25.0 Å². The van der Waals surface area contributed by atoms with Crippen molar-refractivity contribution in [1.82, 2.24) is 9.97 Å². The largest absolute Gasteiger partial charge is 0.376 e. The van der Waals surface area contributed by atoms with Gasteiger partial charge < -0.3 is 20.4 Å². The minimum Gasteiger partial charge on any atom is -0.376 e. The van der Waals surface area contributed by atoms with Gasteiger partial charge in [-0.2, -0.15) is 0 Å². The second-order valence-corrected chi connectivity index (χ2v) is 18.6. The number of nitrogens with one attached hydrogen (secondary N) is 3. The van der Waals surface area contributed by atoms with Crippen LogP contribution in [0.25, 0.3) is 48.2 Å². The molecule has 1 aliphatic carbocycles. The predicted octanol–water partition coefficient (Wildman–Crippen LogP) is 9.57.